The molecule has 3 heterocycles. The standard InChI is InChI=1S/C19H26N2O5S/c1-20(2)10-14-15-11-21(12-19(15)9-8-16(14)26-19)27(23,24)17-7-5-4-6-13(17)18(22)25-3/h4-7,14-16H,8-12H2,1-3H3/t14-,15+,16+,19+/m1/s1. The molecular formula is C19H26N2O5S. The topological polar surface area (TPSA) is 76.2 Å². The number of carbonyl (C=O) groups is 1. The zero-order valence-electron chi connectivity index (χ0n) is 15.9. The summed E-state index contributed by atoms with van der Waals surface area (Å²) in [5, 5.41) is 0. The predicted octanol–water partition coefficient (Wildman–Crippen LogP) is 1.20. The number of carbonyl (C=O) groups excluding carboxylic acids is 1. The van der Waals surface area contributed by atoms with Crippen LogP contribution in [-0.2, 0) is 19.5 Å². The first-order chi connectivity index (χ1) is 12.8. The molecule has 0 N–H and O–H groups in total. The molecule has 4 atom stereocenters. The molecule has 0 unspecified atom stereocenters. The third kappa shape index (κ3) is 2.90. The van der Waals surface area contributed by atoms with Crippen LogP contribution in [0.5, 0.6) is 0 Å². The highest BCUT2D eigenvalue weighted by Gasteiger charge is 2.64. The first-order valence-corrected chi connectivity index (χ1v) is 10.7. The SMILES string of the molecule is COC(=O)c1ccccc1S(=O)(=O)N1C[C@H]2[C@@H](CN(C)C)[C@@H]3CC[C@@]2(C1)O3. The zero-order valence-corrected chi connectivity index (χ0v) is 16.7. The number of esters is 1. The summed E-state index contributed by atoms with van der Waals surface area (Å²) in [6, 6.07) is 6.24. The van der Waals surface area contributed by atoms with E-state index in [1.165, 1.54) is 23.5 Å². The van der Waals surface area contributed by atoms with Gasteiger partial charge in [-0.2, -0.15) is 4.31 Å². The van der Waals surface area contributed by atoms with E-state index in [0.29, 0.717) is 19.0 Å². The first-order valence-electron chi connectivity index (χ1n) is 9.28. The van der Waals surface area contributed by atoms with Gasteiger partial charge in [-0.05, 0) is 39.1 Å². The zero-order chi connectivity index (χ0) is 19.4. The van der Waals surface area contributed by atoms with Crippen molar-refractivity contribution in [3.63, 3.8) is 0 Å². The van der Waals surface area contributed by atoms with Crippen LogP contribution in [0.1, 0.15) is 23.2 Å². The largest absolute Gasteiger partial charge is 0.465 e. The van der Waals surface area contributed by atoms with Crippen molar-refractivity contribution >= 4 is 16.0 Å². The Morgan fingerprint density at radius 3 is 2.81 bits per heavy atom. The van der Waals surface area contributed by atoms with Crippen LogP contribution < -0.4 is 0 Å². The maximum Gasteiger partial charge on any atom is 0.339 e. The molecule has 3 saturated heterocycles. The molecule has 1 spiro atoms. The fourth-order valence-electron chi connectivity index (χ4n) is 5.11. The molecule has 7 nitrogen and oxygen atoms in total. The summed E-state index contributed by atoms with van der Waals surface area (Å²) in [6.07, 6.45) is 2.11. The van der Waals surface area contributed by atoms with E-state index in [1.54, 1.807) is 12.1 Å². The lowest BCUT2D eigenvalue weighted by Crippen LogP contribution is -2.40. The van der Waals surface area contributed by atoms with Crippen molar-refractivity contribution < 1.29 is 22.7 Å². The fraction of sp³-hybridized carbons (Fsp3) is 0.632. The van der Waals surface area contributed by atoms with Gasteiger partial charge in [0.15, 0.2) is 0 Å². The minimum absolute atomic E-state index is 0.00642. The molecule has 3 aliphatic rings. The number of sulfonamides is 1. The molecule has 1 aromatic carbocycles. The summed E-state index contributed by atoms with van der Waals surface area (Å²) in [5.41, 5.74) is -0.303. The second-order valence-corrected chi connectivity index (χ2v) is 9.98. The summed E-state index contributed by atoms with van der Waals surface area (Å²) in [5.74, 6) is -0.113. The summed E-state index contributed by atoms with van der Waals surface area (Å²) < 4.78 is 39.3. The van der Waals surface area contributed by atoms with E-state index in [4.69, 9.17) is 9.47 Å². The van der Waals surface area contributed by atoms with E-state index in [-0.39, 0.29) is 28.1 Å². The lowest BCUT2D eigenvalue weighted by Gasteiger charge is -2.31. The number of methoxy groups -OCH3 is 1. The Hall–Kier alpha value is -1.48. The van der Waals surface area contributed by atoms with Crippen molar-refractivity contribution in [2.24, 2.45) is 11.8 Å². The summed E-state index contributed by atoms with van der Waals surface area (Å²) in [7, 11) is 1.52. The maximum atomic E-state index is 13.4. The highest BCUT2D eigenvalue weighted by Crippen LogP contribution is 2.55. The Morgan fingerprint density at radius 2 is 2.11 bits per heavy atom. The van der Waals surface area contributed by atoms with Gasteiger partial charge >= 0.3 is 5.97 Å². The molecule has 0 saturated carbocycles. The smallest absolute Gasteiger partial charge is 0.339 e. The van der Waals surface area contributed by atoms with Gasteiger partial charge in [-0.3, -0.25) is 0 Å². The highest BCUT2D eigenvalue weighted by atomic mass is 32.2. The Labute approximate surface area is 160 Å². The molecule has 0 aliphatic carbocycles. The van der Waals surface area contributed by atoms with Crippen LogP contribution >= 0.6 is 0 Å². The number of fused-ring (bicyclic) bond motifs is 1. The van der Waals surface area contributed by atoms with Crippen LogP contribution in [0.3, 0.4) is 0 Å². The molecule has 0 radical (unpaired) electrons. The number of benzene rings is 1. The van der Waals surface area contributed by atoms with E-state index in [2.05, 4.69) is 4.90 Å². The second-order valence-electron chi connectivity index (χ2n) is 8.08. The summed E-state index contributed by atoms with van der Waals surface area (Å²) in [4.78, 5) is 14.2. The summed E-state index contributed by atoms with van der Waals surface area (Å²) in [6.45, 7) is 1.69. The van der Waals surface area contributed by atoms with E-state index >= 15 is 0 Å². The van der Waals surface area contributed by atoms with Crippen molar-refractivity contribution in [3.05, 3.63) is 29.8 Å². The van der Waals surface area contributed by atoms with Crippen LogP contribution in [-0.4, -0.2) is 76.1 Å². The molecule has 4 rings (SSSR count). The number of hydrogen-bond acceptors (Lipinski definition) is 6. The first kappa shape index (κ1) is 18.9. The average molecular weight is 394 g/mol. The highest BCUT2D eigenvalue weighted by molar-refractivity contribution is 7.89. The molecule has 148 valence electrons. The molecule has 3 fully saturated rings. The number of rotatable bonds is 5. The Balaban J connectivity index is 1.65. The number of ether oxygens (including phenoxy) is 2. The number of hydrogen-bond donors (Lipinski definition) is 0. The van der Waals surface area contributed by atoms with E-state index in [1.807, 2.05) is 14.1 Å². The molecule has 8 heteroatoms. The third-order valence-electron chi connectivity index (χ3n) is 6.24. The monoisotopic (exact) mass is 394 g/mol. The van der Waals surface area contributed by atoms with Gasteiger partial charge in [0, 0.05) is 31.5 Å². The minimum atomic E-state index is -3.81. The van der Waals surface area contributed by atoms with Crippen LogP contribution in [0.25, 0.3) is 0 Å². The van der Waals surface area contributed by atoms with Crippen LogP contribution in [0.4, 0.5) is 0 Å². The van der Waals surface area contributed by atoms with Gasteiger partial charge in [0.1, 0.15) is 0 Å². The number of nitrogens with zero attached hydrogens (tertiary/aromatic N) is 2. The van der Waals surface area contributed by atoms with Gasteiger partial charge in [-0.1, -0.05) is 12.1 Å². The fourth-order valence-corrected chi connectivity index (χ4v) is 6.81. The lowest BCUT2D eigenvalue weighted by atomic mass is 9.73. The molecule has 1 aromatic rings. The van der Waals surface area contributed by atoms with Gasteiger partial charge in [-0.15, -0.1) is 0 Å². The van der Waals surface area contributed by atoms with Crippen molar-refractivity contribution in [2.75, 3.05) is 40.8 Å². The summed E-state index contributed by atoms with van der Waals surface area (Å²) >= 11 is 0. The Morgan fingerprint density at radius 1 is 1.37 bits per heavy atom. The van der Waals surface area contributed by atoms with Crippen LogP contribution in [0.2, 0.25) is 0 Å². The maximum absolute atomic E-state index is 13.4. The predicted molar refractivity (Wildman–Crippen MR) is 98.9 cm³/mol. The van der Waals surface area contributed by atoms with E-state index < -0.39 is 16.0 Å². The minimum Gasteiger partial charge on any atom is -0.465 e. The van der Waals surface area contributed by atoms with Crippen LogP contribution in [0.15, 0.2) is 29.2 Å². The van der Waals surface area contributed by atoms with E-state index in [9.17, 15) is 13.2 Å². The van der Waals surface area contributed by atoms with Gasteiger partial charge in [-0.25, -0.2) is 13.2 Å². The molecular weight excluding hydrogens is 368 g/mol. The second kappa shape index (κ2) is 6.55. The van der Waals surface area contributed by atoms with Crippen molar-refractivity contribution in [1.82, 2.24) is 9.21 Å². The Bertz CT molecular complexity index is 855. The van der Waals surface area contributed by atoms with Gasteiger partial charge in [0.25, 0.3) is 0 Å². The third-order valence-corrected chi connectivity index (χ3v) is 8.11. The lowest BCUT2D eigenvalue weighted by molar-refractivity contribution is 0.00739. The average Bonchev–Trinajstić information content (AvgIpc) is 3.30. The molecule has 0 amide bonds. The van der Waals surface area contributed by atoms with E-state index in [0.717, 1.165) is 19.4 Å². The van der Waals surface area contributed by atoms with Gasteiger partial charge < -0.3 is 14.4 Å². The van der Waals surface area contributed by atoms with Crippen molar-refractivity contribution in [1.29, 1.82) is 0 Å². The van der Waals surface area contributed by atoms with Crippen molar-refractivity contribution in [2.45, 2.75) is 29.4 Å². The van der Waals surface area contributed by atoms with Gasteiger partial charge in [0.05, 0.1) is 29.3 Å². The molecule has 2 bridgehead atoms. The quantitative estimate of drug-likeness (QED) is 0.699. The molecule has 0 aromatic heterocycles. The molecule has 27 heavy (non-hydrogen) atoms. The normalized spacial score (nSPS) is 32.8. The van der Waals surface area contributed by atoms with Gasteiger partial charge in [0.2, 0.25) is 10.0 Å². The molecule has 3 aliphatic heterocycles. The van der Waals surface area contributed by atoms with Crippen molar-refractivity contribution in [3.8, 4) is 0 Å². The van der Waals surface area contributed by atoms with Crippen LogP contribution in [0, 0.1) is 11.8 Å². The Kier molecular flexibility index (Phi) is 4.57.